The van der Waals surface area contributed by atoms with Crippen LogP contribution in [0, 0.1) is 47.4 Å². The first-order valence-electron chi connectivity index (χ1n) is 18.4. The summed E-state index contributed by atoms with van der Waals surface area (Å²) in [5.41, 5.74) is 15.2. The van der Waals surface area contributed by atoms with Crippen molar-refractivity contribution in [2.24, 2.45) is 40.1 Å². The molecule has 1 saturated carbocycles. The first kappa shape index (κ1) is 36.6. The van der Waals surface area contributed by atoms with Crippen molar-refractivity contribution in [1.29, 1.82) is 0 Å². The van der Waals surface area contributed by atoms with Crippen LogP contribution in [-0.2, 0) is 16.0 Å². The molecule has 0 spiro atoms. The standard InChI is InChI=1S/C41H55N3O5/c1-4-9-27(25-45)22-31(46)18-15-29-24-37(49-32-12-7-8-13-32)40(47)38-33(29)20-16-28-11-6-5-10-26(2)14-19-34(38)35-23-30(17-21-36(35)48-3)39(28)44-41(42)43/h17,21-22,24,26,28,30,32,34-36,39,45,47H,4,7-15,18-19,23,25H2,1-3H3,(H4,42,43,44)/b27-22-/t26-,28+,30-,34-,35+,36-,39-/m0/s1. The molecule has 0 radical (unpaired) electrons. The molecule has 8 nitrogen and oxygen atoms in total. The quantitative estimate of drug-likeness (QED) is 0.0738. The highest BCUT2D eigenvalue weighted by Gasteiger charge is 2.41. The summed E-state index contributed by atoms with van der Waals surface area (Å²) in [4.78, 5) is 18.0. The number of allylic oxidation sites excluding steroid dienone is 1. The monoisotopic (exact) mass is 669 g/mol. The number of benzene rings is 1. The van der Waals surface area contributed by atoms with Crippen molar-refractivity contribution < 1.29 is 24.5 Å². The predicted molar refractivity (Wildman–Crippen MR) is 194 cm³/mol. The van der Waals surface area contributed by atoms with E-state index < -0.39 is 0 Å². The molecule has 5 aliphatic rings. The summed E-state index contributed by atoms with van der Waals surface area (Å²) in [5, 5.41) is 22.1. The van der Waals surface area contributed by atoms with Gasteiger partial charge in [0.15, 0.2) is 23.2 Å². The van der Waals surface area contributed by atoms with Crippen molar-refractivity contribution in [2.45, 2.75) is 121 Å². The number of aliphatic hydroxyl groups excluding tert-OH is 1. The number of hydrogen-bond acceptors (Lipinski definition) is 6. The highest BCUT2D eigenvalue weighted by molar-refractivity contribution is 5.90. The van der Waals surface area contributed by atoms with Crippen LogP contribution in [-0.4, -0.2) is 53.9 Å². The largest absolute Gasteiger partial charge is 0.504 e. The van der Waals surface area contributed by atoms with Crippen molar-refractivity contribution >= 4 is 11.7 Å². The van der Waals surface area contributed by atoms with E-state index in [2.05, 4.69) is 42.8 Å². The Morgan fingerprint density at radius 1 is 1.10 bits per heavy atom. The Morgan fingerprint density at radius 3 is 2.59 bits per heavy atom. The SMILES string of the molecule is CCC/C(=C/C(=O)CCc1cc(OC2CCCC2)c(O)c2c1C#C[C@H]1CC#CC[C@H](C)CC[C@H]2[C@H]2C[C@H](C=C[C@@H]2OC)[C@H]1N=C(N)N)CO. The van der Waals surface area contributed by atoms with E-state index in [0.717, 1.165) is 80.1 Å². The zero-order valence-electron chi connectivity index (χ0n) is 29.5. The number of nitrogens with zero attached hydrogens (tertiary/aromatic N) is 1. The molecule has 8 heteroatoms. The number of aromatic hydroxyl groups is 1. The van der Waals surface area contributed by atoms with Crippen LogP contribution in [0.1, 0.15) is 114 Å². The minimum atomic E-state index is -0.298. The molecule has 1 aromatic rings. The fraction of sp³-hybridized carbons (Fsp3) is 0.610. The maximum atomic E-state index is 13.3. The summed E-state index contributed by atoms with van der Waals surface area (Å²) in [6.45, 7) is 4.14. The Bertz CT molecular complexity index is 1550. The van der Waals surface area contributed by atoms with Gasteiger partial charge in [0.1, 0.15) is 0 Å². The van der Waals surface area contributed by atoms with Gasteiger partial charge in [-0.05, 0) is 98.8 Å². The average molecular weight is 670 g/mol. The van der Waals surface area contributed by atoms with E-state index in [-0.39, 0.29) is 72.4 Å². The molecule has 0 unspecified atom stereocenters. The van der Waals surface area contributed by atoms with Crippen molar-refractivity contribution in [1.82, 2.24) is 0 Å². The molecule has 0 amide bonds. The van der Waals surface area contributed by atoms with Crippen molar-refractivity contribution in [2.75, 3.05) is 13.7 Å². The molecular weight excluding hydrogens is 614 g/mol. The molecule has 264 valence electrons. The van der Waals surface area contributed by atoms with E-state index in [4.69, 9.17) is 25.9 Å². The third kappa shape index (κ3) is 9.10. The van der Waals surface area contributed by atoms with E-state index in [0.29, 0.717) is 30.9 Å². The molecule has 6 N–H and O–H groups in total. The number of ether oxygens (including phenoxy) is 2. The lowest BCUT2D eigenvalue weighted by atomic mass is 9.67. The van der Waals surface area contributed by atoms with Gasteiger partial charge in [-0.15, -0.1) is 11.8 Å². The van der Waals surface area contributed by atoms with Crippen molar-refractivity contribution in [3.05, 3.63) is 46.6 Å². The highest BCUT2D eigenvalue weighted by Crippen LogP contribution is 2.50. The van der Waals surface area contributed by atoms with Gasteiger partial charge < -0.3 is 31.2 Å². The molecule has 5 aliphatic carbocycles. The number of methoxy groups -OCH3 is 1. The molecular formula is C41H55N3O5. The molecule has 49 heavy (non-hydrogen) atoms. The van der Waals surface area contributed by atoms with Gasteiger partial charge in [-0.2, -0.15) is 0 Å². The number of carbonyl (C=O) groups excluding carboxylic acids is 1. The summed E-state index contributed by atoms with van der Waals surface area (Å²) >= 11 is 0. The van der Waals surface area contributed by atoms with Crippen molar-refractivity contribution in [3.8, 4) is 35.2 Å². The summed E-state index contributed by atoms with van der Waals surface area (Å²) in [6.07, 6.45) is 15.8. The van der Waals surface area contributed by atoms with E-state index >= 15 is 0 Å². The number of nitrogens with two attached hydrogens (primary N) is 2. The molecule has 1 fully saturated rings. The van der Waals surface area contributed by atoms with Gasteiger partial charge in [-0.25, -0.2) is 4.99 Å². The summed E-state index contributed by atoms with van der Waals surface area (Å²) < 4.78 is 12.7. The second kappa shape index (κ2) is 17.3. The van der Waals surface area contributed by atoms with Gasteiger partial charge in [-0.3, -0.25) is 4.79 Å². The number of aliphatic imine (C=N–C) groups is 1. The van der Waals surface area contributed by atoms with Gasteiger partial charge in [-0.1, -0.05) is 44.3 Å². The highest BCUT2D eigenvalue weighted by atomic mass is 16.5. The zero-order valence-corrected chi connectivity index (χ0v) is 29.5. The van der Waals surface area contributed by atoms with Gasteiger partial charge >= 0.3 is 0 Å². The predicted octanol–water partition coefficient (Wildman–Crippen LogP) is 6.06. The molecule has 0 heterocycles. The van der Waals surface area contributed by atoms with Gasteiger partial charge in [0.25, 0.3) is 0 Å². The van der Waals surface area contributed by atoms with Gasteiger partial charge in [0.05, 0.1) is 30.8 Å². The van der Waals surface area contributed by atoms with Crippen LogP contribution in [0.3, 0.4) is 0 Å². The summed E-state index contributed by atoms with van der Waals surface area (Å²) in [5.74, 6) is 14.5. The van der Waals surface area contributed by atoms with Crippen LogP contribution in [0.15, 0.2) is 34.9 Å². The lowest BCUT2D eigenvalue weighted by molar-refractivity contribution is -0.114. The third-order valence-corrected chi connectivity index (χ3v) is 10.8. The lowest BCUT2D eigenvalue weighted by Crippen LogP contribution is -2.39. The summed E-state index contributed by atoms with van der Waals surface area (Å²) in [7, 11) is 1.75. The Hall–Kier alpha value is -3.72. The lowest BCUT2D eigenvalue weighted by Gasteiger charge is -2.40. The zero-order chi connectivity index (χ0) is 34.9. The van der Waals surface area contributed by atoms with E-state index in [1.54, 1.807) is 13.2 Å². The number of rotatable bonds is 11. The maximum Gasteiger partial charge on any atom is 0.186 e. The number of ketones is 1. The van der Waals surface area contributed by atoms with Crippen LogP contribution in [0.5, 0.6) is 11.5 Å². The number of aryl methyl sites for hydroxylation is 1. The smallest absolute Gasteiger partial charge is 0.186 e. The molecule has 4 bridgehead atoms. The molecule has 0 aliphatic heterocycles. The number of carbonyl (C=O) groups is 1. The fourth-order valence-electron chi connectivity index (χ4n) is 8.25. The van der Waals surface area contributed by atoms with E-state index in [1.807, 2.05) is 13.0 Å². The molecule has 0 saturated heterocycles. The fourth-order valence-corrected chi connectivity index (χ4v) is 8.25. The minimum Gasteiger partial charge on any atom is -0.504 e. The first-order valence-corrected chi connectivity index (χ1v) is 18.4. The molecule has 6 rings (SSSR count). The molecule has 1 aromatic carbocycles. The van der Waals surface area contributed by atoms with E-state index in [1.165, 1.54) is 0 Å². The van der Waals surface area contributed by atoms with Crippen LogP contribution in [0.2, 0.25) is 0 Å². The van der Waals surface area contributed by atoms with Gasteiger partial charge in [0, 0.05) is 43.4 Å². The molecule has 7 atom stereocenters. The molecule has 0 aromatic heterocycles. The number of phenols is 1. The topological polar surface area (TPSA) is 140 Å². The number of phenolic OH excluding ortho intramolecular Hbond substituents is 1. The Morgan fingerprint density at radius 2 is 1.88 bits per heavy atom. The second-order valence-corrected chi connectivity index (χ2v) is 14.5. The second-order valence-electron chi connectivity index (χ2n) is 14.5. The number of hydrogen-bond donors (Lipinski definition) is 4. The van der Waals surface area contributed by atoms with Crippen LogP contribution in [0.4, 0.5) is 0 Å². The Kier molecular flexibility index (Phi) is 12.9. The third-order valence-electron chi connectivity index (χ3n) is 10.8. The van der Waals surface area contributed by atoms with Crippen LogP contribution < -0.4 is 16.2 Å². The number of fused-ring (bicyclic) bond motifs is 5. The number of guanidine groups is 1. The van der Waals surface area contributed by atoms with Crippen molar-refractivity contribution in [3.63, 3.8) is 0 Å². The normalized spacial score (nSPS) is 28.2. The number of aliphatic hydroxyl groups is 1. The Labute approximate surface area is 292 Å². The van der Waals surface area contributed by atoms with E-state index in [9.17, 15) is 15.0 Å². The summed E-state index contributed by atoms with van der Waals surface area (Å²) in [6, 6.07) is 1.62. The van der Waals surface area contributed by atoms with Gasteiger partial charge in [0.2, 0.25) is 0 Å². The van der Waals surface area contributed by atoms with Crippen LogP contribution >= 0.6 is 0 Å². The maximum absolute atomic E-state index is 13.3. The first-order chi connectivity index (χ1) is 23.7. The Balaban J connectivity index is 1.73. The van der Waals surface area contributed by atoms with Crippen LogP contribution in [0.25, 0.3) is 0 Å². The average Bonchev–Trinajstić information content (AvgIpc) is 3.60. The minimum absolute atomic E-state index is 0.00890.